The summed E-state index contributed by atoms with van der Waals surface area (Å²) in [5.41, 5.74) is 3.88. The zero-order valence-corrected chi connectivity index (χ0v) is 20.8. The van der Waals surface area contributed by atoms with E-state index >= 15 is 0 Å². The molecule has 3 fully saturated rings. The van der Waals surface area contributed by atoms with Gasteiger partial charge in [-0.1, -0.05) is 64.3 Å². The molecular weight excluding hydrogens is 364 g/mol. The van der Waals surface area contributed by atoms with Crippen molar-refractivity contribution in [2.24, 2.45) is 45.8 Å². The largest absolute Gasteiger partial charge is 0.299 e. The smallest absolute Gasteiger partial charge is 0.137 e. The van der Waals surface area contributed by atoms with Gasteiger partial charge >= 0.3 is 0 Å². The van der Waals surface area contributed by atoms with E-state index in [4.69, 9.17) is 0 Å². The second kappa shape index (κ2) is 7.63. The van der Waals surface area contributed by atoms with E-state index in [1.807, 2.05) is 0 Å². The quantitative estimate of drug-likeness (QED) is 0.427. The molecule has 1 nitrogen and oxygen atoms in total. The summed E-state index contributed by atoms with van der Waals surface area (Å²) < 4.78 is 0. The van der Waals surface area contributed by atoms with Crippen LogP contribution in [0.25, 0.3) is 0 Å². The van der Waals surface area contributed by atoms with E-state index in [2.05, 4.69) is 60.6 Å². The van der Waals surface area contributed by atoms with Gasteiger partial charge < -0.3 is 0 Å². The lowest BCUT2D eigenvalue weighted by Crippen LogP contribution is -2.57. The van der Waals surface area contributed by atoms with E-state index in [0.717, 1.165) is 12.8 Å². The summed E-state index contributed by atoms with van der Waals surface area (Å²) in [5, 5.41) is 0. The van der Waals surface area contributed by atoms with Crippen LogP contribution in [-0.2, 0) is 4.79 Å². The second-order valence-electron chi connectivity index (χ2n) is 12.9. The summed E-state index contributed by atoms with van der Waals surface area (Å²) in [6, 6.07) is 0. The third-order valence-electron chi connectivity index (χ3n) is 10.6. The number of rotatable bonds is 4. The third-order valence-corrected chi connectivity index (χ3v) is 10.6. The maximum absolute atomic E-state index is 13.8. The first-order valence-corrected chi connectivity index (χ1v) is 12.9. The predicted octanol–water partition coefficient (Wildman–Crippen LogP) is 8.15. The minimum Gasteiger partial charge on any atom is -0.299 e. The normalized spacial score (nSPS) is 43.2. The Morgan fingerprint density at radius 1 is 1.13 bits per heavy atom. The van der Waals surface area contributed by atoms with Crippen molar-refractivity contribution in [2.75, 3.05) is 0 Å². The zero-order chi connectivity index (χ0) is 21.9. The van der Waals surface area contributed by atoms with Crippen molar-refractivity contribution < 1.29 is 4.79 Å². The van der Waals surface area contributed by atoms with Crippen LogP contribution in [0.4, 0.5) is 0 Å². The highest BCUT2D eigenvalue weighted by molar-refractivity contribution is 5.84. The highest BCUT2D eigenvalue weighted by Gasteiger charge is 2.65. The van der Waals surface area contributed by atoms with Gasteiger partial charge in [0.2, 0.25) is 0 Å². The predicted molar refractivity (Wildman–Crippen MR) is 127 cm³/mol. The molecule has 0 aromatic rings. The van der Waals surface area contributed by atoms with E-state index < -0.39 is 0 Å². The molecule has 0 unspecified atom stereocenters. The molecule has 0 N–H and O–H groups in total. The van der Waals surface area contributed by atoms with Gasteiger partial charge in [-0.05, 0) is 98.7 Å². The molecule has 0 spiro atoms. The Kier molecular flexibility index (Phi) is 5.68. The fraction of sp³-hybridized carbons (Fsp3) is 0.828. The SMILES string of the molecule is CC(C)=CCC[C@@H](C)[C@H]1CC[C@@]2(C)[C@@H]3CC=C4[C@@H](CCCC4(C)C)[C@H]3C(=O)C[C@]12C. The Balaban J connectivity index is 1.62. The van der Waals surface area contributed by atoms with Crippen molar-refractivity contribution in [2.45, 2.75) is 106 Å². The monoisotopic (exact) mass is 410 g/mol. The number of allylic oxidation sites excluding steroid dienone is 4. The van der Waals surface area contributed by atoms with Crippen LogP contribution in [0.1, 0.15) is 106 Å². The van der Waals surface area contributed by atoms with Crippen LogP contribution < -0.4 is 0 Å². The van der Waals surface area contributed by atoms with Crippen LogP contribution in [0.2, 0.25) is 0 Å². The zero-order valence-electron chi connectivity index (χ0n) is 20.8. The standard InChI is InChI=1S/C29H46O/c1-19(2)10-8-11-20(3)22-15-17-28(6)24-14-13-23-21(12-9-16-27(23,4)5)26(24)25(30)18-29(22,28)7/h10,13,20-22,24,26H,8-9,11-12,14-18H2,1-7H3/t20-,21-,22-,24-,26-,28+,29-/m1/s1. The fourth-order valence-electron chi connectivity index (χ4n) is 8.81. The Bertz CT molecular complexity index is 750. The summed E-state index contributed by atoms with van der Waals surface area (Å²) in [6.45, 7) is 16.8. The molecule has 0 radical (unpaired) electrons. The van der Waals surface area contributed by atoms with Crippen molar-refractivity contribution in [1.29, 1.82) is 0 Å². The summed E-state index contributed by atoms with van der Waals surface area (Å²) in [6.07, 6.45) is 15.9. The van der Waals surface area contributed by atoms with Crippen LogP contribution >= 0.6 is 0 Å². The number of Topliss-reactive ketones (excluding diaryl/α,β-unsaturated/α-hetero) is 1. The molecule has 168 valence electrons. The van der Waals surface area contributed by atoms with Crippen LogP contribution in [0, 0.1) is 45.8 Å². The van der Waals surface area contributed by atoms with Gasteiger partial charge in [0.05, 0.1) is 0 Å². The Morgan fingerprint density at radius 3 is 2.57 bits per heavy atom. The molecule has 4 aliphatic rings. The topological polar surface area (TPSA) is 17.1 Å². The molecule has 4 aliphatic carbocycles. The van der Waals surface area contributed by atoms with Gasteiger partial charge in [-0.3, -0.25) is 4.79 Å². The maximum atomic E-state index is 13.8. The first kappa shape index (κ1) is 22.3. The molecule has 4 rings (SSSR count). The summed E-state index contributed by atoms with van der Waals surface area (Å²) in [4.78, 5) is 13.8. The Labute approximate surface area is 186 Å². The lowest BCUT2D eigenvalue weighted by Gasteiger charge is -2.60. The number of ketones is 1. The summed E-state index contributed by atoms with van der Waals surface area (Å²) >= 11 is 0. The molecule has 7 atom stereocenters. The van der Waals surface area contributed by atoms with E-state index in [0.29, 0.717) is 46.2 Å². The number of hydrogen-bond acceptors (Lipinski definition) is 1. The third kappa shape index (κ3) is 3.29. The minimum absolute atomic E-state index is 0.186. The van der Waals surface area contributed by atoms with E-state index in [1.165, 1.54) is 50.5 Å². The second-order valence-corrected chi connectivity index (χ2v) is 12.9. The molecule has 0 aromatic carbocycles. The molecule has 0 aliphatic heterocycles. The molecule has 0 amide bonds. The summed E-state index contributed by atoms with van der Waals surface area (Å²) in [5.74, 6) is 3.45. The Morgan fingerprint density at radius 2 is 1.87 bits per heavy atom. The first-order chi connectivity index (χ1) is 14.0. The molecule has 3 saturated carbocycles. The molecule has 0 bridgehead atoms. The lowest BCUT2D eigenvalue weighted by molar-refractivity contribution is -0.152. The Hall–Kier alpha value is -0.850. The molecule has 0 saturated heterocycles. The number of carbonyl (C=O) groups excluding carboxylic acids is 1. The van der Waals surface area contributed by atoms with Gasteiger partial charge in [-0.25, -0.2) is 0 Å². The summed E-state index contributed by atoms with van der Waals surface area (Å²) in [7, 11) is 0. The van der Waals surface area contributed by atoms with E-state index in [9.17, 15) is 4.79 Å². The average Bonchev–Trinajstić information content (AvgIpc) is 2.92. The molecule has 30 heavy (non-hydrogen) atoms. The maximum Gasteiger partial charge on any atom is 0.137 e. The molecular formula is C29H46O. The van der Waals surface area contributed by atoms with Crippen LogP contribution in [0.5, 0.6) is 0 Å². The number of fused-ring (bicyclic) bond motifs is 5. The van der Waals surface area contributed by atoms with E-state index in [-0.39, 0.29) is 5.41 Å². The lowest BCUT2D eigenvalue weighted by atomic mass is 9.43. The van der Waals surface area contributed by atoms with Gasteiger partial charge in [0, 0.05) is 12.3 Å². The van der Waals surface area contributed by atoms with Gasteiger partial charge in [-0.2, -0.15) is 0 Å². The minimum atomic E-state index is 0.186. The molecule has 0 heterocycles. The average molecular weight is 411 g/mol. The van der Waals surface area contributed by atoms with Crippen LogP contribution in [0.15, 0.2) is 23.3 Å². The van der Waals surface area contributed by atoms with Crippen molar-refractivity contribution >= 4 is 5.78 Å². The highest BCUT2D eigenvalue weighted by atomic mass is 16.1. The van der Waals surface area contributed by atoms with E-state index in [1.54, 1.807) is 5.57 Å². The van der Waals surface area contributed by atoms with Crippen molar-refractivity contribution in [3.8, 4) is 0 Å². The van der Waals surface area contributed by atoms with Crippen LogP contribution in [0.3, 0.4) is 0 Å². The highest BCUT2D eigenvalue weighted by Crippen LogP contribution is 2.70. The van der Waals surface area contributed by atoms with Crippen molar-refractivity contribution in [3.63, 3.8) is 0 Å². The number of hydrogen-bond donors (Lipinski definition) is 0. The molecule has 1 heteroatoms. The van der Waals surface area contributed by atoms with Gasteiger partial charge in [0.25, 0.3) is 0 Å². The fourth-order valence-corrected chi connectivity index (χ4v) is 8.81. The van der Waals surface area contributed by atoms with Gasteiger partial charge in [-0.15, -0.1) is 0 Å². The molecule has 0 aromatic heterocycles. The number of carbonyl (C=O) groups is 1. The first-order valence-electron chi connectivity index (χ1n) is 12.9. The van der Waals surface area contributed by atoms with Crippen molar-refractivity contribution in [3.05, 3.63) is 23.3 Å². The van der Waals surface area contributed by atoms with Crippen LogP contribution in [-0.4, -0.2) is 5.78 Å². The van der Waals surface area contributed by atoms with Gasteiger partial charge in [0.15, 0.2) is 0 Å². The van der Waals surface area contributed by atoms with Gasteiger partial charge in [0.1, 0.15) is 5.78 Å². The van der Waals surface area contributed by atoms with Crippen molar-refractivity contribution in [1.82, 2.24) is 0 Å².